The van der Waals surface area contributed by atoms with Crippen LogP contribution in [0.3, 0.4) is 0 Å². The fourth-order valence-corrected chi connectivity index (χ4v) is 4.24. The Morgan fingerprint density at radius 2 is 1.44 bits per heavy atom. The summed E-state index contributed by atoms with van der Waals surface area (Å²) < 4.78 is 2.06. The molecule has 0 unspecified atom stereocenters. The topological polar surface area (TPSA) is 47.0 Å². The van der Waals surface area contributed by atoms with Gasteiger partial charge in [0.2, 0.25) is 0 Å². The van der Waals surface area contributed by atoms with Crippen molar-refractivity contribution in [2.24, 2.45) is 0 Å². The quantitative estimate of drug-likeness (QED) is 0.222. The van der Waals surface area contributed by atoms with E-state index in [9.17, 15) is 4.79 Å². The van der Waals surface area contributed by atoms with Crippen LogP contribution in [0.15, 0.2) is 60.8 Å². The van der Waals surface area contributed by atoms with E-state index < -0.39 is 0 Å². The number of nitrogens with zero attached hydrogens (tertiary/aromatic N) is 1. The highest BCUT2D eigenvalue weighted by molar-refractivity contribution is 6.16. The molecule has 0 saturated heterocycles. The van der Waals surface area contributed by atoms with E-state index in [1.165, 1.54) is 57.8 Å². The molecule has 1 heterocycles. The molecule has 0 aliphatic rings. The normalized spacial score (nSPS) is 10.8. The number of hydrogen-bond donors (Lipinski definition) is 1. The maximum absolute atomic E-state index is 13.1. The van der Waals surface area contributed by atoms with E-state index in [1.54, 1.807) is 0 Å². The number of hydrogen-bond acceptors (Lipinski definition) is 2. The zero-order valence-corrected chi connectivity index (χ0v) is 20.9. The number of rotatable bonds is 13. The Labute approximate surface area is 203 Å². The van der Waals surface area contributed by atoms with Gasteiger partial charge in [0.05, 0.1) is 12.7 Å². The molecule has 0 atom stereocenters. The number of carbonyl (C=O) groups is 1. The first-order chi connectivity index (χ1) is 15.2. The predicted molar refractivity (Wildman–Crippen MR) is 130 cm³/mol. The van der Waals surface area contributed by atoms with Crippen LogP contribution in [0.4, 0.5) is 5.82 Å². The molecular weight excluding hydrogens is 460 g/mol. The summed E-state index contributed by atoms with van der Waals surface area (Å²) in [6.45, 7) is 3.17. The number of aryl methyl sites for hydroxylation is 1. The van der Waals surface area contributed by atoms with Crippen LogP contribution >= 0.6 is 0 Å². The number of nitrogen functional groups attached to an aromatic ring is 1. The summed E-state index contributed by atoms with van der Waals surface area (Å²) in [7, 11) is 0. The molecule has 0 fully saturated rings. The number of halogens is 1. The van der Waals surface area contributed by atoms with Crippen LogP contribution in [0.5, 0.6) is 0 Å². The van der Waals surface area contributed by atoms with Gasteiger partial charge in [-0.3, -0.25) is 10.5 Å². The first-order valence-corrected chi connectivity index (χ1v) is 12.0. The molecule has 3 nitrogen and oxygen atoms in total. The fraction of sp³-hybridized carbons (Fsp3) is 0.429. The number of fused-ring (bicyclic) bond motifs is 1. The summed E-state index contributed by atoms with van der Waals surface area (Å²) in [4.78, 5) is 13.1. The Morgan fingerprint density at radius 3 is 2.12 bits per heavy atom. The molecule has 0 aliphatic heterocycles. The standard InChI is InChI=1S/C28H36N2O.BrH/c1-2-3-4-5-6-7-8-9-10-13-20-30-21-19-24(22-27(30)29)28(31)26-18-14-16-23-15-11-12-17-25(23)26;/h11-12,14-19,21-22,29H,2-10,13,20H2,1H3;1H. The lowest BCUT2D eigenvalue weighted by atomic mass is 9.98. The van der Waals surface area contributed by atoms with Gasteiger partial charge in [-0.05, 0) is 29.7 Å². The molecule has 2 aromatic carbocycles. The molecule has 0 amide bonds. The maximum atomic E-state index is 13.1. The highest BCUT2D eigenvalue weighted by Gasteiger charge is 2.15. The lowest BCUT2D eigenvalue weighted by Crippen LogP contribution is -3.00. The highest BCUT2D eigenvalue weighted by Crippen LogP contribution is 2.21. The molecule has 0 saturated carbocycles. The van der Waals surface area contributed by atoms with Crippen molar-refractivity contribution < 1.29 is 26.3 Å². The van der Waals surface area contributed by atoms with Crippen molar-refractivity contribution in [3.05, 3.63) is 71.9 Å². The van der Waals surface area contributed by atoms with Gasteiger partial charge in [0, 0.05) is 17.2 Å². The van der Waals surface area contributed by atoms with Crippen LogP contribution in [-0.4, -0.2) is 5.78 Å². The van der Waals surface area contributed by atoms with E-state index in [-0.39, 0.29) is 22.8 Å². The van der Waals surface area contributed by atoms with E-state index in [0.29, 0.717) is 11.4 Å². The van der Waals surface area contributed by atoms with E-state index in [0.717, 1.165) is 29.3 Å². The number of nitrogens with two attached hydrogens (primary N) is 1. The zero-order chi connectivity index (χ0) is 21.9. The summed E-state index contributed by atoms with van der Waals surface area (Å²) in [5.74, 6) is 0.677. The smallest absolute Gasteiger partial charge is 0.272 e. The van der Waals surface area contributed by atoms with Crippen molar-refractivity contribution >= 4 is 22.4 Å². The van der Waals surface area contributed by atoms with Crippen LogP contribution in [0, 0.1) is 0 Å². The third-order valence-corrected chi connectivity index (χ3v) is 6.12. The van der Waals surface area contributed by atoms with Crippen molar-refractivity contribution in [3.8, 4) is 0 Å². The molecule has 0 bridgehead atoms. The van der Waals surface area contributed by atoms with Crippen molar-refractivity contribution in [1.82, 2.24) is 0 Å². The molecule has 32 heavy (non-hydrogen) atoms. The first-order valence-electron chi connectivity index (χ1n) is 12.0. The average molecular weight is 498 g/mol. The molecule has 0 aliphatic carbocycles. The Hall–Kier alpha value is -2.20. The Bertz CT molecular complexity index is 981. The minimum atomic E-state index is 0. The summed E-state index contributed by atoms with van der Waals surface area (Å²) in [6, 6.07) is 17.6. The average Bonchev–Trinajstić information content (AvgIpc) is 2.80. The van der Waals surface area contributed by atoms with Crippen LogP contribution in [-0.2, 0) is 6.54 Å². The summed E-state index contributed by atoms with van der Waals surface area (Å²) in [5, 5.41) is 2.06. The zero-order valence-electron chi connectivity index (χ0n) is 19.4. The largest absolute Gasteiger partial charge is 1.00 e. The van der Waals surface area contributed by atoms with Crippen molar-refractivity contribution in [3.63, 3.8) is 0 Å². The van der Waals surface area contributed by atoms with E-state index in [4.69, 9.17) is 5.73 Å². The van der Waals surface area contributed by atoms with E-state index in [1.807, 2.05) is 60.8 Å². The molecular formula is C28H37BrN2O. The molecule has 172 valence electrons. The second kappa shape index (κ2) is 14.1. The monoisotopic (exact) mass is 496 g/mol. The van der Waals surface area contributed by atoms with Crippen molar-refractivity contribution in [2.75, 3.05) is 5.73 Å². The summed E-state index contributed by atoms with van der Waals surface area (Å²) in [6.07, 6.45) is 15.2. The van der Waals surface area contributed by atoms with Crippen LogP contribution in [0.1, 0.15) is 87.1 Å². The predicted octanol–water partition coefficient (Wildman–Crippen LogP) is 3.87. The molecule has 4 heteroatoms. The first kappa shape index (κ1) is 26.1. The second-order valence-electron chi connectivity index (χ2n) is 8.57. The number of benzene rings is 2. The van der Waals surface area contributed by atoms with Crippen LogP contribution in [0.25, 0.3) is 10.8 Å². The lowest BCUT2D eigenvalue weighted by Gasteiger charge is -2.08. The minimum Gasteiger partial charge on any atom is -1.00 e. The Balaban J connectivity index is 0.00000363. The fourth-order valence-electron chi connectivity index (χ4n) is 4.24. The van der Waals surface area contributed by atoms with Crippen molar-refractivity contribution in [2.45, 2.75) is 77.7 Å². The number of anilines is 1. The molecule has 3 aromatic rings. The van der Waals surface area contributed by atoms with Gasteiger partial charge in [0.15, 0.2) is 5.78 Å². The maximum Gasteiger partial charge on any atom is 0.272 e. The third-order valence-electron chi connectivity index (χ3n) is 6.12. The summed E-state index contributed by atoms with van der Waals surface area (Å²) >= 11 is 0. The molecule has 0 spiro atoms. The second-order valence-corrected chi connectivity index (χ2v) is 8.57. The van der Waals surface area contributed by atoms with Gasteiger partial charge in [-0.1, -0.05) is 101 Å². The molecule has 0 radical (unpaired) electrons. The van der Waals surface area contributed by atoms with E-state index >= 15 is 0 Å². The Kier molecular flexibility index (Phi) is 11.4. The van der Waals surface area contributed by atoms with Gasteiger partial charge in [0.25, 0.3) is 5.82 Å². The lowest BCUT2D eigenvalue weighted by molar-refractivity contribution is -0.683. The van der Waals surface area contributed by atoms with Gasteiger partial charge < -0.3 is 17.0 Å². The van der Waals surface area contributed by atoms with Gasteiger partial charge >= 0.3 is 0 Å². The van der Waals surface area contributed by atoms with Crippen LogP contribution in [0.2, 0.25) is 0 Å². The number of ketones is 1. The molecule has 3 rings (SSSR count). The third kappa shape index (κ3) is 7.44. The highest BCUT2D eigenvalue weighted by atomic mass is 79.9. The number of pyridine rings is 1. The van der Waals surface area contributed by atoms with Gasteiger partial charge in [-0.15, -0.1) is 0 Å². The molecule has 2 N–H and O–H groups in total. The molecule has 1 aromatic heterocycles. The Morgan fingerprint density at radius 1 is 0.812 bits per heavy atom. The summed E-state index contributed by atoms with van der Waals surface area (Å²) in [5.41, 5.74) is 7.65. The number of carbonyl (C=O) groups excluding carboxylic acids is 1. The van der Waals surface area contributed by atoms with Crippen molar-refractivity contribution in [1.29, 1.82) is 0 Å². The SMILES string of the molecule is CCCCCCCCCCCC[n+]1ccc(C(=O)c2cccc3ccccc23)cc1N.[Br-]. The van der Waals surface area contributed by atoms with E-state index in [2.05, 4.69) is 11.5 Å². The van der Waals surface area contributed by atoms with Gasteiger partial charge in [-0.25, -0.2) is 4.57 Å². The van der Waals surface area contributed by atoms with Gasteiger partial charge in [0.1, 0.15) is 0 Å². The van der Waals surface area contributed by atoms with Gasteiger partial charge in [-0.2, -0.15) is 0 Å². The number of unbranched alkanes of at least 4 members (excludes halogenated alkanes) is 9. The number of aromatic nitrogens is 1. The minimum absolute atomic E-state index is 0. The van der Waals surface area contributed by atoms with Crippen LogP contribution < -0.4 is 27.3 Å².